The molecule has 0 saturated carbocycles. The fourth-order valence-corrected chi connectivity index (χ4v) is 3.80. The van der Waals surface area contributed by atoms with Gasteiger partial charge in [-0.15, -0.1) is 0 Å². The minimum Gasteiger partial charge on any atom is -0.314 e. The Morgan fingerprint density at radius 3 is 2.75 bits per heavy atom. The first-order chi connectivity index (χ1) is 7.44. The van der Waals surface area contributed by atoms with E-state index < -0.39 is 9.84 Å². The molecule has 2 unspecified atom stereocenters. The van der Waals surface area contributed by atoms with Crippen LogP contribution in [0.15, 0.2) is 0 Å². The average molecular weight is 248 g/mol. The lowest BCUT2D eigenvalue weighted by Crippen LogP contribution is -2.48. The van der Waals surface area contributed by atoms with Gasteiger partial charge in [-0.25, -0.2) is 8.42 Å². The van der Waals surface area contributed by atoms with Crippen LogP contribution in [0.3, 0.4) is 0 Å². The molecule has 16 heavy (non-hydrogen) atoms. The third-order valence-electron chi connectivity index (χ3n) is 3.21. The van der Waals surface area contributed by atoms with E-state index in [2.05, 4.69) is 24.1 Å². The highest BCUT2D eigenvalue weighted by atomic mass is 32.2. The molecule has 0 aromatic rings. The average Bonchev–Trinajstić information content (AvgIpc) is 2.15. The summed E-state index contributed by atoms with van der Waals surface area (Å²) in [5.41, 5.74) is 0. The molecule has 1 saturated heterocycles. The standard InChI is InChI=1S/C11H24N2O2S/c1-4-12-10(2)5-6-13-7-8-16(14,15)9-11(13)3/h10-12H,4-9H2,1-3H3. The van der Waals surface area contributed by atoms with Crippen molar-refractivity contribution < 1.29 is 8.42 Å². The zero-order valence-corrected chi connectivity index (χ0v) is 11.4. The molecule has 5 heteroatoms. The molecular weight excluding hydrogens is 224 g/mol. The van der Waals surface area contributed by atoms with Crippen molar-refractivity contribution in [2.24, 2.45) is 0 Å². The summed E-state index contributed by atoms with van der Waals surface area (Å²) in [6.45, 7) is 8.97. The van der Waals surface area contributed by atoms with Gasteiger partial charge in [-0.05, 0) is 33.4 Å². The van der Waals surface area contributed by atoms with E-state index in [9.17, 15) is 8.42 Å². The van der Waals surface area contributed by atoms with E-state index >= 15 is 0 Å². The Morgan fingerprint density at radius 1 is 1.50 bits per heavy atom. The Labute approximate surface area is 99.3 Å². The summed E-state index contributed by atoms with van der Waals surface area (Å²) in [4.78, 5) is 2.29. The van der Waals surface area contributed by atoms with E-state index in [4.69, 9.17) is 0 Å². The summed E-state index contributed by atoms with van der Waals surface area (Å²) < 4.78 is 22.8. The first-order valence-corrected chi connectivity index (χ1v) is 7.94. The van der Waals surface area contributed by atoms with Crippen molar-refractivity contribution in [2.75, 3.05) is 31.1 Å². The number of sulfone groups is 1. The van der Waals surface area contributed by atoms with Crippen LogP contribution < -0.4 is 5.32 Å². The molecule has 1 fully saturated rings. The van der Waals surface area contributed by atoms with Crippen LogP contribution in [0, 0.1) is 0 Å². The number of hydrogen-bond acceptors (Lipinski definition) is 4. The molecule has 4 nitrogen and oxygen atoms in total. The van der Waals surface area contributed by atoms with Crippen molar-refractivity contribution in [3.05, 3.63) is 0 Å². The second-order valence-electron chi connectivity index (χ2n) is 4.75. The van der Waals surface area contributed by atoms with Gasteiger partial charge < -0.3 is 5.32 Å². The van der Waals surface area contributed by atoms with Crippen LogP contribution in [0.2, 0.25) is 0 Å². The number of rotatable bonds is 5. The Hall–Kier alpha value is -0.130. The van der Waals surface area contributed by atoms with Crippen LogP contribution in [-0.4, -0.2) is 56.5 Å². The molecule has 0 aromatic heterocycles. The van der Waals surface area contributed by atoms with E-state index in [1.165, 1.54) is 0 Å². The van der Waals surface area contributed by atoms with Crippen molar-refractivity contribution in [1.82, 2.24) is 10.2 Å². The van der Waals surface area contributed by atoms with Crippen molar-refractivity contribution in [3.63, 3.8) is 0 Å². The van der Waals surface area contributed by atoms with Gasteiger partial charge in [0.25, 0.3) is 0 Å². The topological polar surface area (TPSA) is 49.4 Å². The largest absolute Gasteiger partial charge is 0.314 e. The van der Waals surface area contributed by atoms with E-state index in [1.807, 2.05) is 6.92 Å². The van der Waals surface area contributed by atoms with Gasteiger partial charge in [-0.2, -0.15) is 0 Å². The minimum absolute atomic E-state index is 0.174. The molecule has 1 heterocycles. The summed E-state index contributed by atoms with van der Waals surface area (Å²) in [5, 5.41) is 3.37. The van der Waals surface area contributed by atoms with Gasteiger partial charge in [-0.1, -0.05) is 6.92 Å². The zero-order valence-electron chi connectivity index (χ0n) is 10.6. The molecule has 0 aliphatic carbocycles. The second kappa shape index (κ2) is 5.98. The molecule has 1 aliphatic rings. The van der Waals surface area contributed by atoms with E-state index in [0.717, 1.165) is 19.5 Å². The Bertz CT molecular complexity index is 303. The third-order valence-corrected chi connectivity index (χ3v) is 5.00. The maximum atomic E-state index is 11.4. The normalized spacial score (nSPS) is 27.8. The summed E-state index contributed by atoms with van der Waals surface area (Å²) in [6.07, 6.45) is 1.08. The summed E-state index contributed by atoms with van der Waals surface area (Å²) >= 11 is 0. The van der Waals surface area contributed by atoms with Crippen LogP contribution in [-0.2, 0) is 9.84 Å². The monoisotopic (exact) mass is 248 g/mol. The minimum atomic E-state index is -2.77. The van der Waals surface area contributed by atoms with Crippen molar-refractivity contribution >= 4 is 9.84 Å². The molecule has 0 spiro atoms. The molecule has 1 aliphatic heterocycles. The highest BCUT2D eigenvalue weighted by molar-refractivity contribution is 7.91. The van der Waals surface area contributed by atoms with E-state index in [-0.39, 0.29) is 6.04 Å². The van der Waals surface area contributed by atoms with Gasteiger partial charge in [0.1, 0.15) is 0 Å². The third kappa shape index (κ3) is 4.39. The molecule has 96 valence electrons. The molecule has 1 rings (SSSR count). The molecule has 2 atom stereocenters. The lowest BCUT2D eigenvalue weighted by molar-refractivity contribution is 0.216. The highest BCUT2D eigenvalue weighted by Crippen LogP contribution is 2.12. The molecular formula is C11H24N2O2S. The number of nitrogens with one attached hydrogen (secondary N) is 1. The van der Waals surface area contributed by atoms with Gasteiger partial charge in [0.05, 0.1) is 11.5 Å². The summed E-state index contributed by atoms with van der Waals surface area (Å²) in [6, 6.07) is 0.684. The maximum Gasteiger partial charge on any atom is 0.153 e. The molecule has 0 aromatic carbocycles. The molecule has 0 radical (unpaired) electrons. The van der Waals surface area contributed by atoms with Crippen LogP contribution in [0.25, 0.3) is 0 Å². The predicted molar refractivity (Wildman–Crippen MR) is 67.4 cm³/mol. The Kier molecular flexibility index (Phi) is 5.21. The van der Waals surface area contributed by atoms with E-state index in [1.54, 1.807) is 0 Å². The van der Waals surface area contributed by atoms with Gasteiger partial charge in [-0.3, -0.25) is 4.90 Å². The zero-order chi connectivity index (χ0) is 12.2. The smallest absolute Gasteiger partial charge is 0.153 e. The Morgan fingerprint density at radius 2 is 2.19 bits per heavy atom. The van der Waals surface area contributed by atoms with Gasteiger partial charge in [0.15, 0.2) is 9.84 Å². The van der Waals surface area contributed by atoms with Crippen molar-refractivity contribution in [1.29, 1.82) is 0 Å². The van der Waals surface area contributed by atoms with Crippen LogP contribution >= 0.6 is 0 Å². The van der Waals surface area contributed by atoms with Gasteiger partial charge in [0.2, 0.25) is 0 Å². The summed E-state index contributed by atoms with van der Waals surface area (Å²) in [7, 11) is -2.77. The number of hydrogen-bond donors (Lipinski definition) is 1. The molecule has 0 bridgehead atoms. The van der Waals surface area contributed by atoms with E-state index in [0.29, 0.717) is 24.1 Å². The fraction of sp³-hybridized carbons (Fsp3) is 1.00. The molecule has 1 N–H and O–H groups in total. The van der Waals surface area contributed by atoms with Crippen LogP contribution in [0.5, 0.6) is 0 Å². The lowest BCUT2D eigenvalue weighted by Gasteiger charge is -2.33. The van der Waals surface area contributed by atoms with Crippen molar-refractivity contribution in [2.45, 2.75) is 39.3 Å². The molecule has 0 amide bonds. The van der Waals surface area contributed by atoms with Crippen LogP contribution in [0.4, 0.5) is 0 Å². The first-order valence-electron chi connectivity index (χ1n) is 6.12. The highest BCUT2D eigenvalue weighted by Gasteiger charge is 2.27. The van der Waals surface area contributed by atoms with Crippen molar-refractivity contribution in [3.8, 4) is 0 Å². The van der Waals surface area contributed by atoms with Gasteiger partial charge in [0, 0.05) is 18.6 Å². The fourth-order valence-electron chi connectivity index (χ4n) is 2.18. The number of nitrogens with zero attached hydrogens (tertiary/aromatic N) is 1. The second-order valence-corrected chi connectivity index (χ2v) is 6.98. The predicted octanol–water partition coefficient (Wildman–Crippen LogP) is 0.493. The Balaban J connectivity index is 2.33. The van der Waals surface area contributed by atoms with Gasteiger partial charge >= 0.3 is 0 Å². The lowest BCUT2D eigenvalue weighted by atomic mass is 10.2. The summed E-state index contributed by atoms with van der Waals surface area (Å²) in [5.74, 6) is 0.648. The SMILES string of the molecule is CCNC(C)CCN1CCS(=O)(=O)CC1C. The maximum absolute atomic E-state index is 11.4. The van der Waals surface area contributed by atoms with Crippen LogP contribution in [0.1, 0.15) is 27.2 Å². The quantitative estimate of drug-likeness (QED) is 0.769. The first kappa shape index (κ1) is 13.9.